The standard InChI is InChI=1S/C10H13NO4S/c1-7-5-4-6-8(10(12)15-2)9(7)11-16(3,13)14/h4-6,11H,1-3H3. The third-order valence-corrected chi connectivity index (χ3v) is 2.54. The number of benzene rings is 1. The van der Waals surface area contributed by atoms with Crippen molar-refractivity contribution in [2.24, 2.45) is 0 Å². The Balaban J connectivity index is 3.29. The molecular formula is C10H13NO4S. The van der Waals surface area contributed by atoms with Gasteiger partial charge in [-0.25, -0.2) is 13.2 Å². The Morgan fingerprint density at radius 3 is 2.50 bits per heavy atom. The van der Waals surface area contributed by atoms with E-state index < -0.39 is 16.0 Å². The van der Waals surface area contributed by atoms with Crippen LogP contribution in [0.4, 0.5) is 5.69 Å². The van der Waals surface area contributed by atoms with Gasteiger partial charge in [0, 0.05) is 0 Å². The summed E-state index contributed by atoms with van der Waals surface area (Å²) in [4.78, 5) is 11.4. The van der Waals surface area contributed by atoms with Crippen molar-refractivity contribution in [1.29, 1.82) is 0 Å². The molecule has 0 fully saturated rings. The molecule has 0 bridgehead atoms. The van der Waals surface area contributed by atoms with Gasteiger partial charge < -0.3 is 4.74 Å². The summed E-state index contributed by atoms with van der Waals surface area (Å²) >= 11 is 0. The van der Waals surface area contributed by atoms with E-state index in [-0.39, 0.29) is 11.3 Å². The highest BCUT2D eigenvalue weighted by atomic mass is 32.2. The Labute approximate surface area is 94.5 Å². The number of esters is 1. The SMILES string of the molecule is COC(=O)c1cccc(C)c1NS(C)(=O)=O. The van der Waals surface area contributed by atoms with Crippen LogP contribution in [0.5, 0.6) is 0 Å². The van der Waals surface area contributed by atoms with Crippen LogP contribution in [0.25, 0.3) is 0 Å². The highest BCUT2D eigenvalue weighted by Crippen LogP contribution is 2.22. The van der Waals surface area contributed by atoms with Crippen LogP contribution in [0.1, 0.15) is 15.9 Å². The van der Waals surface area contributed by atoms with Gasteiger partial charge in [-0.05, 0) is 18.6 Å². The highest BCUT2D eigenvalue weighted by molar-refractivity contribution is 7.92. The first-order chi connectivity index (χ1) is 7.35. The second kappa shape index (κ2) is 4.52. The molecule has 0 aliphatic carbocycles. The Morgan fingerprint density at radius 1 is 1.38 bits per heavy atom. The van der Waals surface area contributed by atoms with E-state index in [0.717, 1.165) is 6.26 Å². The molecule has 1 rings (SSSR count). The second-order valence-corrected chi connectivity index (χ2v) is 5.11. The van der Waals surface area contributed by atoms with Gasteiger partial charge in [0.15, 0.2) is 0 Å². The molecule has 0 aliphatic heterocycles. The average Bonchev–Trinajstić information content (AvgIpc) is 2.18. The molecule has 16 heavy (non-hydrogen) atoms. The van der Waals surface area contributed by atoms with Crippen LogP contribution in [0.3, 0.4) is 0 Å². The summed E-state index contributed by atoms with van der Waals surface area (Å²) in [7, 11) is -2.18. The first kappa shape index (κ1) is 12.5. The molecule has 1 N–H and O–H groups in total. The molecule has 0 heterocycles. The number of anilines is 1. The van der Waals surface area contributed by atoms with Gasteiger partial charge in [0.1, 0.15) is 0 Å². The normalized spacial score (nSPS) is 10.9. The molecule has 0 aromatic heterocycles. The first-order valence-corrected chi connectivity index (χ1v) is 6.40. The van der Waals surface area contributed by atoms with Gasteiger partial charge in [-0.3, -0.25) is 4.72 Å². The number of nitrogens with one attached hydrogen (secondary N) is 1. The van der Waals surface area contributed by atoms with E-state index in [1.807, 2.05) is 0 Å². The number of sulfonamides is 1. The summed E-state index contributed by atoms with van der Waals surface area (Å²) in [6, 6.07) is 4.88. The summed E-state index contributed by atoms with van der Waals surface area (Å²) in [6.45, 7) is 1.71. The maximum Gasteiger partial charge on any atom is 0.340 e. The fourth-order valence-electron chi connectivity index (χ4n) is 1.27. The van der Waals surface area contributed by atoms with Crippen LogP contribution in [0.2, 0.25) is 0 Å². The highest BCUT2D eigenvalue weighted by Gasteiger charge is 2.15. The van der Waals surface area contributed by atoms with Gasteiger partial charge in [-0.15, -0.1) is 0 Å². The van der Waals surface area contributed by atoms with Crippen LogP contribution in [0, 0.1) is 6.92 Å². The maximum atomic E-state index is 11.4. The zero-order valence-corrected chi connectivity index (χ0v) is 10.1. The van der Waals surface area contributed by atoms with Crippen molar-refractivity contribution >= 4 is 21.7 Å². The lowest BCUT2D eigenvalue weighted by Crippen LogP contribution is -2.15. The molecule has 0 atom stereocenters. The van der Waals surface area contributed by atoms with Gasteiger partial charge in [-0.2, -0.15) is 0 Å². The molecule has 0 amide bonds. The van der Waals surface area contributed by atoms with E-state index in [9.17, 15) is 13.2 Å². The molecule has 0 radical (unpaired) electrons. The largest absolute Gasteiger partial charge is 0.465 e. The number of carbonyl (C=O) groups excluding carboxylic acids is 1. The predicted octanol–water partition coefficient (Wildman–Crippen LogP) is 1.15. The molecule has 88 valence electrons. The fourth-order valence-corrected chi connectivity index (χ4v) is 1.91. The molecule has 0 aliphatic rings. The molecule has 0 spiro atoms. The average molecular weight is 243 g/mol. The Hall–Kier alpha value is -1.56. The molecule has 0 saturated carbocycles. The van der Waals surface area contributed by atoms with Crippen molar-refractivity contribution in [2.75, 3.05) is 18.1 Å². The Kier molecular flexibility index (Phi) is 3.54. The van der Waals surface area contributed by atoms with Crippen molar-refractivity contribution in [3.8, 4) is 0 Å². The maximum absolute atomic E-state index is 11.4. The van der Waals surface area contributed by atoms with Gasteiger partial charge in [0.2, 0.25) is 10.0 Å². The monoisotopic (exact) mass is 243 g/mol. The van der Waals surface area contributed by atoms with E-state index in [0.29, 0.717) is 5.56 Å². The summed E-state index contributed by atoms with van der Waals surface area (Å²) in [5, 5.41) is 0. The van der Waals surface area contributed by atoms with Crippen LogP contribution in [-0.4, -0.2) is 27.8 Å². The minimum absolute atomic E-state index is 0.202. The smallest absolute Gasteiger partial charge is 0.340 e. The van der Waals surface area contributed by atoms with E-state index >= 15 is 0 Å². The van der Waals surface area contributed by atoms with Crippen LogP contribution < -0.4 is 4.72 Å². The van der Waals surface area contributed by atoms with E-state index in [4.69, 9.17) is 0 Å². The predicted molar refractivity (Wildman–Crippen MR) is 61.0 cm³/mol. The van der Waals surface area contributed by atoms with Crippen molar-refractivity contribution in [1.82, 2.24) is 0 Å². The van der Waals surface area contributed by atoms with E-state index in [1.54, 1.807) is 19.1 Å². The van der Waals surface area contributed by atoms with Crippen molar-refractivity contribution in [2.45, 2.75) is 6.92 Å². The zero-order chi connectivity index (χ0) is 12.3. The Morgan fingerprint density at radius 2 is 2.00 bits per heavy atom. The lowest BCUT2D eigenvalue weighted by molar-refractivity contribution is 0.0602. The van der Waals surface area contributed by atoms with Crippen molar-refractivity contribution in [3.05, 3.63) is 29.3 Å². The van der Waals surface area contributed by atoms with Gasteiger partial charge in [-0.1, -0.05) is 12.1 Å². The molecule has 6 heteroatoms. The zero-order valence-electron chi connectivity index (χ0n) is 9.27. The molecule has 0 unspecified atom stereocenters. The number of carbonyl (C=O) groups is 1. The molecular weight excluding hydrogens is 230 g/mol. The molecule has 0 saturated heterocycles. The number of hydrogen-bond acceptors (Lipinski definition) is 4. The number of para-hydroxylation sites is 1. The van der Waals surface area contributed by atoms with Crippen LogP contribution in [0.15, 0.2) is 18.2 Å². The summed E-state index contributed by atoms with van der Waals surface area (Å²) < 4.78 is 29.2. The number of aryl methyl sites for hydroxylation is 1. The second-order valence-electron chi connectivity index (χ2n) is 3.36. The quantitative estimate of drug-likeness (QED) is 0.808. The first-order valence-electron chi connectivity index (χ1n) is 4.51. The van der Waals surface area contributed by atoms with Crippen molar-refractivity contribution in [3.63, 3.8) is 0 Å². The van der Waals surface area contributed by atoms with Crippen LogP contribution in [-0.2, 0) is 14.8 Å². The Bertz CT molecular complexity index is 508. The lowest BCUT2D eigenvalue weighted by atomic mass is 10.1. The third-order valence-electron chi connectivity index (χ3n) is 1.97. The number of rotatable bonds is 3. The van der Waals surface area contributed by atoms with Gasteiger partial charge >= 0.3 is 5.97 Å². The fraction of sp³-hybridized carbons (Fsp3) is 0.300. The number of hydrogen-bond donors (Lipinski definition) is 1. The van der Waals surface area contributed by atoms with E-state index in [1.165, 1.54) is 13.2 Å². The van der Waals surface area contributed by atoms with Gasteiger partial charge in [0.05, 0.1) is 24.6 Å². The summed E-state index contributed by atoms with van der Waals surface area (Å²) in [5.41, 5.74) is 1.12. The molecule has 1 aromatic carbocycles. The summed E-state index contributed by atoms with van der Waals surface area (Å²) in [5.74, 6) is -0.574. The van der Waals surface area contributed by atoms with Gasteiger partial charge in [0.25, 0.3) is 0 Å². The molecule has 5 nitrogen and oxygen atoms in total. The van der Waals surface area contributed by atoms with E-state index in [2.05, 4.69) is 9.46 Å². The third kappa shape index (κ3) is 2.96. The number of ether oxygens (including phenoxy) is 1. The van der Waals surface area contributed by atoms with Crippen LogP contribution >= 0.6 is 0 Å². The minimum Gasteiger partial charge on any atom is -0.465 e. The topological polar surface area (TPSA) is 72.5 Å². The molecule has 1 aromatic rings. The van der Waals surface area contributed by atoms with Crippen molar-refractivity contribution < 1.29 is 17.9 Å². The lowest BCUT2D eigenvalue weighted by Gasteiger charge is -2.11. The number of methoxy groups -OCH3 is 1. The minimum atomic E-state index is -3.42. The summed E-state index contributed by atoms with van der Waals surface area (Å²) in [6.07, 6.45) is 1.03.